The molecule has 0 aliphatic carbocycles. The van der Waals surface area contributed by atoms with E-state index in [1.807, 2.05) is 0 Å². The highest BCUT2D eigenvalue weighted by molar-refractivity contribution is 5.70. The Kier molecular flexibility index (Phi) is 34.4. The Morgan fingerprint density at radius 1 is 0.585 bits per heavy atom. The maximum absolute atomic E-state index is 12.7. The van der Waals surface area contributed by atoms with Gasteiger partial charge in [-0.3, -0.25) is 9.59 Å². The topological polar surface area (TPSA) is 102 Å². The predicted octanol–water partition coefficient (Wildman–Crippen LogP) is 9.91. The van der Waals surface area contributed by atoms with E-state index in [0.29, 0.717) is 12.8 Å². The largest absolute Gasteiger partial charge is 0.544 e. The van der Waals surface area contributed by atoms with Gasteiger partial charge in [0.1, 0.15) is 12.6 Å². The summed E-state index contributed by atoms with van der Waals surface area (Å²) in [6.45, 7) is 4.50. The molecule has 0 spiro atoms. The number of allylic oxidation sites excluding steroid dienone is 8. The summed E-state index contributed by atoms with van der Waals surface area (Å²) in [5.74, 6) is -1.76. The molecule has 0 aromatic carbocycles. The molecule has 0 rings (SSSR count). The molecule has 0 saturated carbocycles. The number of carbonyl (C=O) groups is 3. The van der Waals surface area contributed by atoms with Crippen LogP contribution in [0.5, 0.6) is 0 Å². The molecular weight excluding hydrogens is 666 g/mol. The number of aliphatic carboxylic acids is 1. The molecule has 0 N–H and O–H groups in total. The number of rotatable bonds is 37. The van der Waals surface area contributed by atoms with Crippen LogP contribution in [0.3, 0.4) is 0 Å². The molecule has 0 aliphatic heterocycles. The molecule has 53 heavy (non-hydrogen) atoms. The zero-order valence-electron chi connectivity index (χ0n) is 34.7. The van der Waals surface area contributed by atoms with Crippen molar-refractivity contribution in [2.75, 3.05) is 41.0 Å². The van der Waals surface area contributed by atoms with Crippen LogP contribution in [0.1, 0.15) is 168 Å². The highest BCUT2D eigenvalue weighted by atomic mass is 16.6. The van der Waals surface area contributed by atoms with Gasteiger partial charge in [0.05, 0.1) is 40.3 Å². The molecule has 0 heterocycles. The van der Waals surface area contributed by atoms with E-state index < -0.39 is 18.1 Å². The maximum atomic E-state index is 12.7. The monoisotopic (exact) mass is 746 g/mol. The summed E-state index contributed by atoms with van der Waals surface area (Å²) in [5, 5.41) is 11.6. The Balaban J connectivity index is 4.39. The van der Waals surface area contributed by atoms with E-state index in [0.717, 1.165) is 83.5 Å². The summed E-state index contributed by atoms with van der Waals surface area (Å²) in [5.41, 5.74) is 0. The molecule has 2 atom stereocenters. The van der Waals surface area contributed by atoms with Gasteiger partial charge >= 0.3 is 11.9 Å². The Morgan fingerprint density at radius 2 is 1.06 bits per heavy atom. The van der Waals surface area contributed by atoms with Gasteiger partial charge < -0.3 is 28.6 Å². The van der Waals surface area contributed by atoms with Crippen molar-refractivity contribution in [2.24, 2.45) is 0 Å². The number of hydrogen-bond donors (Lipinski definition) is 0. The summed E-state index contributed by atoms with van der Waals surface area (Å²) < 4.78 is 17.1. The fourth-order valence-corrected chi connectivity index (χ4v) is 5.90. The second-order valence-corrected chi connectivity index (χ2v) is 15.2. The van der Waals surface area contributed by atoms with Gasteiger partial charge in [0.25, 0.3) is 0 Å². The van der Waals surface area contributed by atoms with E-state index in [9.17, 15) is 19.5 Å². The van der Waals surface area contributed by atoms with Gasteiger partial charge in [-0.15, -0.1) is 0 Å². The molecule has 0 saturated heterocycles. The number of quaternary nitrogens is 1. The second kappa shape index (κ2) is 36.3. The van der Waals surface area contributed by atoms with E-state index in [1.54, 1.807) is 21.1 Å². The number of carbonyl (C=O) groups excluding carboxylic acids is 3. The minimum absolute atomic E-state index is 0.0332. The number of hydrogen-bond acceptors (Lipinski definition) is 7. The quantitative estimate of drug-likeness (QED) is 0.0270. The smallest absolute Gasteiger partial charge is 0.306 e. The van der Waals surface area contributed by atoms with Crippen molar-refractivity contribution in [3.05, 3.63) is 48.6 Å². The van der Waals surface area contributed by atoms with Gasteiger partial charge in [-0.2, -0.15) is 0 Å². The normalized spacial score (nSPS) is 13.5. The molecule has 2 unspecified atom stereocenters. The lowest BCUT2D eigenvalue weighted by atomic mass is 10.1. The van der Waals surface area contributed by atoms with Gasteiger partial charge in [0, 0.05) is 19.3 Å². The highest BCUT2D eigenvalue weighted by Gasteiger charge is 2.25. The van der Waals surface area contributed by atoms with Crippen molar-refractivity contribution in [1.82, 2.24) is 0 Å². The Labute approximate surface area is 325 Å². The fraction of sp³-hybridized carbons (Fsp3) is 0.756. The van der Waals surface area contributed by atoms with E-state index in [4.69, 9.17) is 14.2 Å². The Morgan fingerprint density at radius 3 is 1.58 bits per heavy atom. The molecule has 8 heteroatoms. The molecule has 0 fully saturated rings. The van der Waals surface area contributed by atoms with Crippen LogP contribution >= 0.6 is 0 Å². The summed E-state index contributed by atoms with van der Waals surface area (Å²) >= 11 is 0. The zero-order valence-corrected chi connectivity index (χ0v) is 34.7. The number of carboxylic acid groups (broad SMARTS) is 1. The molecule has 0 aromatic rings. The van der Waals surface area contributed by atoms with Crippen LogP contribution in [0.25, 0.3) is 0 Å². The third-order valence-electron chi connectivity index (χ3n) is 9.20. The first-order valence-electron chi connectivity index (χ1n) is 21.2. The molecule has 0 amide bonds. The number of likely N-dealkylation sites (N-methyl/N-ethyl adjacent to an activating group) is 1. The van der Waals surface area contributed by atoms with Gasteiger partial charge in [-0.1, -0.05) is 127 Å². The summed E-state index contributed by atoms with van der Waals surface area (Å²) in [6, 6.07) is -0.728. The zero-order chi connectivity index (χ0) is 39.3. The van der Waals surface area contributed by atoms with Crippen LogP contribution in [-0.4, -0.2) is 75.5 Å². The minimum Gasteiger partial charge on any atom is -0.544 e. The van der Waals surface area contributed by atoms with Crippen molar-refractivity contribution in [3.63, 3.8) is 0 Å². The summed E-state index contributed by atoms with van der Waals surface area (Å²) in [4.78, 5) is 36.8. The molecule has 0 bridgehead atoms. The molecule has 0 aliphatic rings. The highest BCUT2D eigenvalue weighted by Crippen LogP contribution is 2.13. The van der Waals surface area contributed by atoms with Crippen LogP contribution in [0.15, 0.2) is 48.6 Å². The Hall–Kier alpha value is -2.71. The lowest BCUT2D eigenvalue weighted by Gasteiger charge is -2.34. The van der Waals surface area contributed by atoms with Gasteiger partial charge in [-0.25, -0.2) is 0 Å². The predicted molar refractivity (Wildman–Crippen MR) is 217 cm³/mol. The van der Waals surface area contributed by atoms with Crippen LogP contribution in [0.4, 0.5) is 0 Å². The number of ether oxygens (including phenoxy) is 3. The van der Waals surface area contributed by atoms with Crippen molar-refractivity contribution in [2.45, 2.75) is 180 Å². The van der Waals surface area contributed by atoms with E-state index in [2.05, 4.69) is 62.5 Å². The van der Waals surface area contributed by atoms with Crippen molar-refractivity contribution in [3.8, 4) is 0 Å². The van der Waals surface area contributed by atoms with Crippen LogP contribution in [-0.2, 0) is 28.6 Å². The Bertz CT molecular complexity index is 1010. The van der Waals surface area contributed by atoms with Crippen molar-refractivity contribution < 1.29 is 38.2 Å². The third-order valence-corrected chi connectivity index (χ3v) is 9.20. The SMILES string of the molecule is CC/C=C\C/C=C\C/C=C\CCCCCCCCCC(=O)OC(COCCC(C(=O)[O-])[N+](C)(C)C)COC(=O)CCCCCCC/C=C\CCCCC. The van der Waals surface area contributed by atoms with Crippen LogP contribution in [0, 0.1) is 0 Å². The first-order chi connectivity index (χ1) is 25.6. The molecule has 8 nitrogen and oxygen atoms in total. The molecular formula is C45H79NO7. The van der Waals surface area contributed by atoms with Gasteiger partial charge in [0.2, 0.25) is 0 Å². The minimum atomic E-state index is -1.13. The number of carboxylic acids is 1. The maximum Gasteiger partial charge on any atom is 0.306 e. The standard InChI is InChI=1S/C45H79NO7/c1-6-8-10-12-14-16-18-20-21-22-23-24-26-28-30-32-34-36-44(48)53-41(39-51-38-37-42(45(49)50)46(3,4)5)40-52-43(47)35-33-31-29-27-25-19-17-15-13-11-9-7-2/h8,10,14-17,20-21,41-42H,6-7,9,11-13,18-19,22-40H2,1-5H3/b10-8-,16-14-,17-15-,21-20-. The van der Waals surface area contributed by atoms with Gasteiger partial charge in [-0.05, 0) is 70.6 Å². The van der Waals surface area contributed by atoms with Gasteiger partial charge in [0.15, 0.2) is 6.10 Å². The summed E-state index contributed by atoms with van der Waals surface area (Å²) in [6.07, 6.45) is 41.3. The van der Waals surface area contributed by atoms with E-state index in [1.165, 1.54) is 51.4 Å². The number of unbranched alkanes of at least 4 members (excludes halogenated alkanes) is 15. The van der Waals surface area contributed by atoms with Crippen LogP contribution < -0.4 is 5.11 Å². The average Bonchev–Trinajstić information content (AvgIpc) is 3.11. The van der Waals surface area contributed by atoms with Crippen LogP contribution in [0.2, 0.25) is 0 Å². The number of nitrogens with zero attached hydrogens (tertiary/aromatic N) is 1. The fourth-order valence-electron chi connectivity index (χ4n) is 5.90. The first kappa shape index (κ1) is 50.3. The lowest BCUT2D eigenvalue weighted by molar-refractivity contribution is -0.889. The van der Waals surface area contributed by atoms with E-state index >= 15 is 0 Å². The summed E-state index contributed by atoms with van der Waals surface area (Å²) in [7, 11) is 5.39. The molecule has 0 aromatic heterocycles. The molecule has 0 radical (unpaired) electrons. The lowest BCUT2D eigenvalue weighted by Crippen LogP contribution is -2.55. The van der Waals surface area contributed by atoms with E-state index in [-0.39, 0.29) is 42.7 Å². The average molecular weight is 746 g/mol. The molecule has 306 valence electrons. The third kappa shape index (κ3) is 34.8. The van der Waals surface area contributed by atoms with Crippen molar-refractivity contribution >= 4 is 17.9 Å². The first-order valence-corrected chi connectivity index (χ1v) is 21.2. The second-order valence-electron chi connectivity index (χ2n) is 15.2. The number of esters is 2. The van der Waals surface area contributed by atoms with Crippen molar-refractivity contribution in [1.29, 1.82) is 0 Å².